The largest absolute Gasteiger partial charge is 0.508 e. The molecule has 4 nitrogen and oxygen atoms in total. The van der Waals surface area contributed by atoms with Gasteiger partial charge in [-0.2, -0.15) is 0 Å². The van der Waals surface area contributed by atoms with Crippen LogP contribution in [0.3, 0.4) is 0 Å². The number of phenols is 1. The van der Waals surface area contributed by atoms with Crippen molar-refractivity contribution in [1.29, 1.82) is 0 Å². The van der Waals surface area contributed by atoms with Crippen LogP contribution in [0.2, 0.25) is 0 Å². The minimum Gasteiger partial charge on any atom is -0.508 e. The smallest absolute Gasteiger partial charge is 0.310 e. The van der Waals surface area contributed by atoms with Crippen LogP contribution in [0.5, 0.6) is 5.75 Å². The van der Waals surface area contributed by atoms with Gasteiger partial charge in [0.15, 0.2) is 0 Å². The first-order chi connectivity index (χ1) is 11.5. The molecule has 0 saturated carbocycles. The van der Waals surface area contributed by atoms with Crippen LogP contribution in [0.25, 0.3) is 11.0 Å². The fraction of sp³-hybridized carbons (Fsp3) is 0.250. The van der Waals surface area contributed by atoms with Crippen LogP contribution in [0.15, 0.2) is 53.1 Å². The van der Waals surface area contributed by atoms with Crippen LogP contribution >= 0.6 is 0 Å². The van der Waals surface area contributed by atoms with E-state index in [1.54, 1.807) is 12.1 Å². The average Bonchev–Trinajstić information content (AvgIpc) is 2.95. The first-order valence-corrected chi connectivity index (χ1v) is 7.96. The normalized spacial score (nSPS) is 11.1. The molecule has 0 atom stereocenters. The molecule has 0 unspecified atom stereocenters. The van der Waals surface area contributed by atoms with Crippen molar-refractivity contribution in [3.05, 3.63) is 65.4 Å². The predicted octanol–water partition coefficient (Wildman–Crippen LogP) is 4.55. The first kappa shape index (κ1) is 16.1. The summed E-state index contributed by atoms with van der Waals surface area (Å²) in [4.78, 5) is 12.1. The highest BCUT2D eigenvalue weighted by atomic mass is 16.5. The fourth-order valence-electron chi connectivity index (χ4n) is 2.58. The number of hydrogen-bond acceptors (Lipinski definition) is 4. The lowest BCUT2D eigenvalue weighted by atomic mass is 10.0. The minimum atomic E-state index is -0.307. The molecule has 0 aliphatic carbocycles. The number of rotatable bonds is 5. The Labute approximate surface area is 140 Å². The van der Waals surface area contributed by atoms with Gasteiger partial charge in [-0.3, -0.25) is 4.79 Å². The summed E-state index contributed by atoms with van der Waals surface area (Å²) in [6, 6.07) is 12.9. The molecule has 1 heterocycles. The number of fused-ring (bicyclic) bond motifs is 1. The zero-order chi connectivity index (χ0) is 17.1. The zero-order valence-electron chi connectivity index (χ0n) is 13.8. The minimum absolute atomic E-state index is 0.135. The number of aromatic hydroxyl groups is 1. The highest BCUT2D eigenvalue weighted by Gasteiger charge is 2.12. The van der Waals surface area contributed by atoms with Crippen molar-refractivity contribution >= 4 is 16.9 Å². The molecule has 3 aromatic rings. The molecule has 1 N–H and O–H groups in total. The van der Waals surface area contributed by atoms with Crippen molar-refractivity contribution in [3.63, 3.8) is 0 Å². The van der Waals surface area contributed by atoms with E-state index >= 15 is 0 Å². The number of hydrogen-bond donors (Lipinski definition) is 1. The summed E-state index contributed by atoms with van der Waals surface area (Å²) in [6.07, 6.45) is 1.67. The molecule has 0 aliphatic heterocycles. The van der Waals surface area contributed by atoms with Gasteiger partial charge in [-0.15, -0.1) is 0 Å². The second-order valence-electron chi connectivity index (χ2n) is 6.18. The summed E-state index contributed by atoms with van der Waals surface area (Å²) in [6.45, 7) is 4.54. The summed E-state index contributed by atoms with van der Waals surface area (Å²) >= 11 is 0. The second-order valence-corrected chi connectivity index (χ2v) is 6.18. The van der Waals surface area contributed by atoms with Gasteiger partial charge in [0, 0.05) is 17.0 Å². The van der Waals surface area contributed by atoms with E-state index in [0.29, 0.717) is 11.5 Å². The number of carbonyl (C=O) groups excluding carboxylic acids is 1. The van der Waals surface area contributed by atoms with E-state index in [-0.39, 0.29) is 24.7 Å². The lowest BCUT2D eigenvalue weighted by molar-refractivity contribution is -0.144. The zero-order valence-corrected chi connectivity index (χ0v) is 13.8. The molecule has 24 heavy (non-hydrogen) atoms. The average molecular weight is 324 g/mol. The van der Waals surface area contributed by atoms with E-state index in [9.17, 15) is 9.90 Å². The molecule has 4 heteroatoms. The van der Waals surface area contributed by atoms with E-state index < -0.39 is 0 Å². The van der Waals surface area contributed by atoms with Crippen molar-refractivity contribution in [3.8, 4) is 5.75 Å². The lowest BCUT2D eigenvalue weighted by Crippen LogP contribution is -2.07. The Balaban J connectivity index is 1.60. The quantitative estimate of drug-likeness (QED) is 0.700. The number of carbonyl (C=O) groups is 1. The molecule has 1 aromatic heterocycles. The molecule has 3 rings (SSSR count). The molecule has 0 bridgehead atoms. The predicted molar refractivity (Wildman–Crippen MR) is 91.9 cm³/mol. The molecular weight excluding hydrogens is 304 g/mol. The van der Waals surface area contributed by atoms with Gasteiger partial charge in [-0.25, -0.2) is 0 Å². The Bertz CT molecular complexity index is 844. The third-order valence-electron chi connectivity index (χ3n) is 4.02. The highest BCUT2D eigenvalue weighted by Crippen LogP contribution is 2.25. The van der Waals surface area contributed by atoms with Gasteiger partial charge in [0.05, 0.1) is 12.7 Å². The second kappa shape index (κ2) is 6.79. The summed E-state index contributed by atoms with van der Waals surface area (Å²) in [5.74, 6) is 0.310. The van der Waals surface area contributed by atoms with Gasteiger partial charge in [-0.05, 0) is 29.2 Å². The van der Waals surface area contributed by atoms with Gasteiger partial charge in [0.2, 0.25) is 0 Å². The Morgan fingerprint density at radius 3 is 2.62 bits per heavy atom. The Morgan fingerprint density at radius 1 is 1.17 bits per heavy atom. The maximum absolute atomic E-state index is 12.1. The van der Waals surface area contributed by atoms with Gasteiger partial charge in [0.1, 0.15) is 17.9 Å². The summed E-state index contributed by atoms with van der Waals surface area (Å²) < 4.78 is 10.7. The monoisotopic (exact) mass is 324 g/mol. The number of ether oxygens (including phenoxy) is 1. The van der Waals surface area contributed by atoms with Gasteiger partial charge in [-0.1, -0.05) is 38.1 Å². The molecule has 124 valence electrons. The third kappa shape index (κ3) is 3.59. The molecule has 0 aliphatic rings. The number of esters is 1. The van der Waals surface area contributed by atoms with Crippen molar-refractivity contribution in [2.45, 2.75) is 32.8 Å². The number of phenolic OH excluding ortho intramolecular Hbond substituents is 1. The molecule has 0 radical (unpaired) electrons. The summed E-state index contributed by atoms with van der Waals surface area (Å²) in [5.41, 5.74) is 3.54. The van der Waals surface area contributed by atoms with Crippen LogP contribution in [0.4, 0.5) is 0 Å². The fourth-order valence-corrected chi connectivity index (χ4v) is 2.58. The molecule has 0 spiro atoms. The van der Waals surface area contributed by atoms with E-state index in [0.717, 1.165) is 16.5 Å². The van der Waals surface area contributed by atoms with Crippen molar-refractivity contribution in [2.24, 2.45) is 0 Å². The van der Waals surface area contributed by atoms with Crippen LogP contribution in [0, 0.1) is 0 Å². The van der Waals surface area contributed by atoms with Crippen molar-refractivity contribution in [1.82, 2.24) is 0 Å². The van der Waals surface area contributed by atoms with E-state index in [2.05, 4.69) is 26.0 Å². The molecule has 2 aromatic carbocycles. The highest BCUT2D eigenvalue weighted by molar-refractivity contribution is 5.86. The maximum atomic E-state index is 12.1. The molecule has 0 amide bonds. The van der Waals surface area contributed by atoms with E-state index in [1.165, 1.54) is 17.9 Å². The Morgan fingerprint density at radius 2 is 1.92 bits per heavy atom. The van der Waals surface area contributed by atoms with Crippen LogP contribution in [-0.4, -0.2) is 11.1 Å². The van der Waals surface area contributed by atoms with Crippen LogP contribution in [-0.2, 0) is 22.6 Å². The van der Waals surface area contributed by atoms with Gasteiger partial charge in [0.25, 0.3) is 0 Å². The molecule has 0 saturated heterocycles. The van der Waals surface area contributed by atoms with Gasteiger partial charge < -0.3 is 14.3 Å². The molecular formula is C20H20O4. The summed E-state index contributed by atoms with van der Waals surface area (Å²) in [5, 5.41) is 10.2. The Kier molecular flexibility index (Phi) is 4.56. The lowest BCUT2D eigenvalue weighted by Gasteiger charge is -2.08. The van der Waals surface area contributed by atoms with Gasteiger partial charge >= 0.3 is 5.97 Å². The topological polar surface area (TPSA) is 59.7 Å². The van der Waals surface area contributed by atoms with Crippen molar-refractivity contribution in [2.75, 3.05) is 0 Å². The summed E-state index contributed by atoms with van der Waals surface area (Å²) in [7, 11) is 0. The van der Waals surface area contributed by atoms with Crippen molar-refractivity contribution < 1.29 is 19.1 Å². The first-order valence-electron chi connectivity index (χ1n) is 7.96. The van der Waals surface area contributed by atoms with E-state index in [4.69, 9.17) is 9.15 Å². The standard InChI is InChI=1S/C20H20O4/c1-13(2)15-5-3-14(4-6-15)11-24-20(22)9-16-12-23-19-10-17(21)7-8-18(16)19/h3-8,10,12-13,21H,9,11H2,1-2H3. The van der Waals surface area contributed by atoms with Crippen LogP contribution < -0.4 is 0 Å². The van der Waals surface area contributed by atoms with E-state index in [1.807, 2.05) is 12.1 Å². The SMILES string of the molecule is CC(C)c1ccc(COC(=O)Cc2coc3cc(O)ccc23)cc1. The number of furan rings is 1. The maximum Gasteiger partial charge on any atom is 0.310 e. The Hall–Kier alpha value is -2.75. The number of benzene rings is 2. The third-order valence-corrected chi connectivity index (χ3v) is 4.02. The van der Waals surface area contributed by atoms with Crippen LogP contribution in [0.1, 0.15) is 36.5 Å². The molecule has 0 fully saturated rings.